The Morgan fingerprint density at radius 2 is 2.08 bits per heavy atom. The van der Waals surface area contributed by atoms with Crippen molar-refractivity contribution in [1.82, 2.24) is 9.97 Å². The molecule has 1 aromatic carbocycles. The second-order valence-electron chi connectivity index (χ2n) is 5.84. The van der Waals surface area contributed by atoms with Crippen LogP contribution in [0, 0.1) is 13.8 Å². The van der Waals surface area contributed by atoms with Crippen molar-refractivity contribution in [3.05, 3.63) is 41.1 Å². The van der Waals surface area contributed by atoms with E-state index >= 15 is 0 Å². The van der Waals surface area contributed by atoms with Crippen LogP contribution in [0.2, 0.25) is 0 Å². The third-order valence-corrected chi connectivity index (χ3v) is 3.73. The van der Waals surface area contributed by atoms with Crippen LogP contribution in [-0.4, -0.2) is 42.2 Å². The van der Waals surface area contributed by atoms with Gasteiger partial charge >= 0.3 is 0 Å². The number of amides is 1. The van der Waals surface area contributed by atoms with Gasteiger partial charge in [0.1, 0.15) is 11.4 Å². The summed E-state index contributed by atoms with van der Waals surface area (Å²) in [6.07, 6.45) is 1.39. The quantitative estimate of drug-likeness (QED) is 0.568. The van der Waals surface area contributed by atoms with Gasteiger partial charge in [-0.2, -0.15) is 4.98 Å². The maximum Gasteiger partial charge on any atom is 0.254 e. The SMILES string of the molecule is COCC(N)CNc1ncc(C(N)=O)c(Nc2ccc(C)c(C)c2)n1. The van der Waals surface area contributed by atoms with Crippen molar-refractivity contribution >= 4 is 23.4 Å². The Balaban J connectivity index is 2.22. The minimum Gasteiger partial charge on any atom is -0.383 e. The van der Waals surface area contributed by atoms with Crippen molar-refractivity contribution in [3.63, 3.8) is 0 Å². The van der Waals surface area contributed by atoms with Gasteiger partial charge in [-0.25, -0.2) is 4.98 Å². The van der Waals surface area contributed by atoms with E-state index in [1.807, 2.05) is 32.0 Å². The number of aromatic nitrogens is 2. The summed E-state index contributed by atoms with van der Waals surface area (Å²) in [6, 6.07) is 5.69. The van der Waals surface area contributed by atoms with E-state index in [0.29, 0.717) is 24.9 Å². The van der Waals surface area contributed by atoms with Crippen molar-refractivity contribution in [3.8, 4) is 0 Å². The zero-order valence-corrected chi connectivity index (χ0v) is 14.7. The number of nitrogens with two attached hydrogens (primary N) is 2. The van der Waals surface area contributed by atoms with E-state index in [2.05, 4.69) is 20.6 Å². The van der Waals surface area contributed by atoms with Crippen LogP contribution in [0.1, 0.15) is 21.5 Å². The van der Waals surface area contributed by atoms with Gasteiger partial charge in [0, 0.05) is 31.6 Å². The molecule has 0 radical (unpaired) electrons. The highest BCUT2D eigenvalue weighted by Gasteiger charge is 2.13. The monoisotopic (exact) mass is 344 g/mol. The molecule has 0 aliphatic heterocycles. The lowest BCUT2D eigenvalue weighted by atomic mass is 10.1. The largest absolute Gasteiger partial charge is 0.383 e. The second kappa shape index (κ2) is 8.41. The molecule has 134 valence electrons. The van der Waals surface area contributed by atoms with Gasteiger partial charge in [0.05, 0.1) is 6.61 Å². The van der Waals surface area contributed by atoms with Crippen molar-refractivity contribution in [2.45, 2.75) is 19.9 Å². The Kier molecular flexibility index (Phi) is 6.26. The molecule has 8 heteroatoms. The molecule has 1 aromatic heterocycles. The van der Waals surface area contributed by atoms with Gasteiger partial charge in [-0.15, -0.1) is 0 Å². The number of ether oxygens (including phenoxy) is 1. The standard InChI is InChI=1S/C17H24N6O2/c1-10-4-5-13(6-11(10)2)22-16-14(15(19)24)8-21-17(23-16)20-7-12(18)9-25-3/h4-6,8,12H,7,9,18H2,1-3H3,(H2,19,24)(H2,20,21,22,23). The molecule has 1 unspecified atom stereocenters. The molecule has 2 aromatic rings. The van der Waals surface area contributed by atoms with Crippen LogP contribution in [0.4, 0.5) is 17.5 Å². The summed E-state index contributed by atoms with van der Waals surface area (Å²) < 4.78 is 4.99. The number of methoxy groups -OCH3 is 1. The van der Waals surface area contributed by atoms with Gasteiger partial charge in [-0.3, -0.25) is 4.79 Å². The molecule has 25 heavy (non-hydrogen) atoms. The summed E-state index contributed by atoms with van der Waals surface area (Å²) in [5.41, 5.74) is 14.6. The first-order chi connectivity index (χ1) is 11.9. The molecule has 0 spiro atoms. The molecule has 0 saturated heterocycles. The number of nitrogens with one attached hydrogen (secondary N) is 2. The normalized spacial score (nSPS) is 11.8. The highest BCUT2D eigenvalue weighted by atomic mass is 16.5. The van der Waals surface area contributed by atoms with E-state index in [-0.39, 0.29) is 11.6 Å². The fraction of sp³-hybridized carbons (Fsp3) is 0.353. The highest BCUT2D eigenvalue weighted by molar-refractivity contribution is 5.98. The van der Waals surface area contributed by atoms with Crippen molar-refractivity contribution in [2.24, 2.45) is 11.5 Å². The molecule has 0 bridgehead atoms. The predicted octanol–water partition coefficient (Wildman–Crippen LogP) is 1.32. The lowest BCUT2D eigenvalue weighted by Gasteiger charge is -2.14. The first-order valence-electron chi connectivity index (χ1n) is 7.90. The van der Waals surface area contributed by atoms with Gasteiger partial charge < -0.3 is 26.8 Å². The minimum absolute atomic E-state index is 0.194. The topological polar surface area (TPSA) is 128 Å². The third-order valence-electron chi connectivity index (χ3n) is 3.73. The van der Waals surface area contributed by atoms with E-state index in [4.69, 9.17) is 16.2 Å². The summed E-state index contributed by atoms with van der Waals surface area (Å²) in [5, 5.41) is 6.15. The van der Waals surface area contributed by atoms with E-state index in [1.165, 1.54) is 11.8 Å². The average Bonchev–Trinajstić information content (AvgIpc) is 2.56. The van der Waals surface area contributed by atoms with E-state index in [0.717, 1.165) is 11.3 Å². The Bertz CT molecular complexity index is 750. The van der Waals surface area contributed by atoms with Crippen LogP contribution < -0.4 is 22.1 Å². The number of carbonyl (C=O) groups is 1. The number of nitrogens with zero attached hydrogens (tertiary/aromatic N) is 2. The Labute approximate surface area is 147 Å². The molecule has 0 aliphatic carbocycles. The Hall–Kier alpha value is -2.71. The molecule has 0 saturated carbocycles. The number of primary amides is 1. The first kappa shape index (κ1) is 18.6. The number of anilines is 3. The molecule has 1 atom stereocenters. The van der Waals surface area contributed by atoms with Crippen LogP contribution in [0.15, 0.2) is 24.4 Å². The van der Waals surface area contributed by atoms with E-state index in [1.54, 1.807) is 7.11 Å². The van der Waals surface area contributed by atoms with Gasteiger partial charge in [0.25, 0.3) is 5.91 Å². The summed E-state index contributed by atoms with van der Waals surface area (Å²) in [6.45, 7) is 4.90. The summed E-state index contributed by atoms with van der Waals surface area (Å²) >= 11 is 0. The summed E-state index contributed by atoms with van der Waals surface area (Å²) in [4.78, 5) is 20.1. The molecule has 2 rings (SSSR count). The van der Waals surface area contributed by atoms with Gasteiger partial charge in [0.15, 0.2) is 0 Å². The predicted molar refractivity (Wildman–Crippen MR) is 98.1 cm³/mol. The number of rotatable bonds is 8. The number of hydrogen-bond donors (Lipinski definition) is 4. The van der Waals surface area contributed by atoms with Crippen LogP contribution in [0.25, 0.3) is 0 Å². The molecule has 1 heterocycles. The van der Waals surface area contributed by atoms with Crippen LogP contribution in [0.3, 0.4) is 0 Å². The molecule has 6 N–H and O–H groups in total. The fourth-order valence-corrected chi connectivity index (χ4v) is 2.19. The lowest BCUT2D eigenvalue weighted by Crippen LogP contribution is -2.33. The fourth-order valence-electron chi connectivity index (χ4n) is 2.19. The van der Waals surface area contributed by atoms with E-state index < -0.39 is 5.91 Å². The smallest absolute Gasteiger partial charge is 0.254 e. The van der Waals surface area contributed by atoms with Gasteiger partial charge in [-0.05, 0) is 37.1 Å². The lowest BCUT2D eigenvalue weighted by molar-refractivity contribution is 0.100. The average molecular weight is 344 g/mol. The molecular weight excluding hydrogens is 320 g/mol. The number of aryl methyl sites for hydroxylation is 2. The van der Waals surface area contributed by atoms with Crippen LogP contribution in [0.5, 0.6) is 0 Å². The van der Waals surface area contributed by atoms with E-state index in [9.17, 15) is 4.79 Å². The van der Waals surface area contributed by atoms with Crippen LogP contribution >= 0.6 is 0 Å². The number of carbonyl (C=O) groups excluding carboxylic acids is 1. The molecular formula is C17H24N6O2. The highest BCUT2D eigenvalue weighted by Crippen LogP contribution is 2.21. The minimum atomic E-state index is -0.603. The van der Waals surface area contributed by atoms with Crippen molar-refractivity contribution in [2.75, 3.05) is 30.9 Å². The summed E-state index contributed by atoms with van der Waals surface area (Å²) in [7, 11) is 1.59. The first-order valence-corrected chi connectivity index (χ1v) is 7.90. The maximum atomic E-state index is 11.6. The molecule has 0 fully saturated rings. The Morgan fingerprint density at radius 1 is 1.32 bits per heavy atom. The van der Waals surface area contributed by atoms with Crippen molar-refractivity contribution < 1.29 is 9.53 Å². The zero-order valence-electron chi connectivity index (χ0n) is 14.7. The molecule has 8 nitrogen and oxygen atoms in total. The Morgan fingerprint density at radius 3 is 2.72 bits per heavy atom. The molecule has 0 aliphatic rings. The maximum absolute atomic E-state index is 11.6. The van der Waals surface area contributed by atoms with Crippen LogP contribution in [-0.2, 0) is 4.74 Å². The van der Waals surface area contributed by atoms with Gasteiger partial charge in [-0.1, -0.05) is 6.07 Å². The zero-order chi connectivity index (χ0) is 18.4. The summed E-state index contributed by atoms with van der Waals surface area (Å²) in [5.74, 6) is 0.0884. The molecule has 1 amide bonds. The second-order valence-corrected chi connectivity index (χ2v) is 5.84. The number of benzene rings is 1. The number of hydrogen-bond acceptors (Lipinski definition) is 7. The van der Waals surface area contributed by atoms with Crippen molar-refractivity contribution in [1.29, 1.82) is 0 Å². The van der Waals surface area contributed by atoms with Gasteiger partial charge in [0.2, 0.25) is 5.95 Å². The third kappa shape index (κ3) is 5.13.